The van der Waals surface area contributed by atoms with Crippen molar-refractivity contribution in [3.63, 3.8) is 0 Å². The Balaban J connectivity index is 2.44. The van der Waals surface area contributed by atoms with E-state index < -0.39 is 17.6 Å². The Labute approximate surface area is 112 Å². The Hall–Kier alpha value is -2.51. The fraction of sp³-hybridized carbons (Fsp3) is 0.167. The molecule has 0 radical (unpaired) electrons. The number of rotatable bonds is 2. The second-order valence-electron chi connectivity index (χ2n) is 3.99. The number of hydrogen-bond acceptors (Lipinski definition) is 3. The summed E-state index contributed by atoms with van der Waals surface area (Å²) < 4.78 is 39.5. The van der Waals surface area contributed by atoms with Gasteiger partial charge in [0.1, 0.15) is 0 Å². The van der Waals surface area contributed by atoms with Crippen LogP contribution in [0, 0.1) is 0 Å². The lowest BCUT2D eigenvalue weighted by Gasteiger charge is -2.11. The summed E-state index contributed by atoms with van der Waals surface area (Å²) in [6, 6.07) is 4.84. The van der Waals surface area contributed by atoms with Crippen molar-refractivity contribution >= 4 is 11.6 Å². The van der Waals surface area contributed by atoms with Crippen molar-refractivity contribution in [3.05, 3.63) is 41.7 Å². The first-order valence-electron chi connectivity index (χ1n) is 5.58. The number of nitrogen functional groups attached to an aromatic ring is 1. The molecule has 8 heteroatoms. The smallest absolute Gasteiger partial charge is 0.398 e. The molecular weight excluding hydrogens is 273 g/mol. The molecule has 1 heterocycles. The van der Waals surface area contributed by atoms with E-state index in [4.69, 9.17) is 5.73 Å². The van der Waals surface area contributed by atoms with Crippen molar-refractivity contribution in [1.82, 2.24) is 15.1 Å². The van der Waals surface area contributed by atoms with Crippen molar-refractivity contribution in [1.29, 1.82) is 0 Å². The van der Waals surface area contributed by atoms with Gasteiger partial charge in [0.15, 0.2) is 5.69 Å². The molecule has 1 amide bonds. The molecule has 3 N–H and O–H groups in total. The molecule has 20 heavy (non-hydrogen) atoms. The molecule has 2 aromatic rings. The summed E-state index contributed by atoms with van der Waals surface area (Å²) in [6.45, 7) is 0. The highest BCUT2D eigenvalue weighted by Crippen LogP contribution is 2.34. The minimum atomic E-state index is -4.54. The maximum Gasteiger partial charge on any atom is 0.418 e. The number of anilines is 1. The molecule has 0 aliphatic heterocycles. The molecule has 0 atom stereocenters. The fourth-order valence-corrected chi connectivity index (χ4v) is 1.65. The number of halogens is 3. The number of amides is 1. The second kappa shape index (κ2) is 4.87. The van der Waals surface area contributed by atoms with Gasteiger partial charge in [-0.25, -0.2) is 4.68 Å². The molecule has 2 rings (SSSR count). The third-order valence-corrected chi connectivity index (χ3v) is 2.66. The number of nitrogens with two attached hydrogens (primary N) is 1. The molecule has 0 aliphatic carbocycles. The van der Waals surface area contributed by atoms with Crippen LogP contribution in [-0.4, -0.2) is 22.7 Å². The Morgan fingerprint density at radius 1 is 1.35 bits per heavy atom. The highest BCUT2D eigenvalue weighted by Gasteiger charge is 2.33. The zero-order valence-electron chi connectivity index (χ0n) is 10.4. The van der Waals surface area contributed by atoms with Crippen LogP contribution in [0.2, 0.25) is 0 Å². The summed E-state index contributed by atoms with van der Waals surface area (Å²) in [6.07, 6.45) is -3.15. The first kappa shape index (κ1) is 13.9. The molecule has 0 fully saturated rings. The van der Waals surface area contributed by atoms with E-state index in [9.17, 15) is 18.0 Å². The molecule has 1 aromatic heterocycles. The lowest BCUT2D eigenvalue weighted by atomic mass is 10.1. The average Bonchev–Trinajstić information content (AvgIpc) is 2.86. The quantitative estimate of drug-likeness (QED) is 0.826. The van der Waals surface area contributed by atoms with E-state index >= 15 is 0 Å². The molecular formula is C12H11F3N4O. The molecule has 0 saturated carbocycles. The van der Waals surface area contributed by atoms with Gasteiger partial charge in [0.2, 0.25) is 0 Å². The molecule has 0 saturated heterocycles. The van der Waals surface area contributed by atoms with Gasteiger partial charge in [-0.3, -0.25) is 4.79 Å². The van der Waals surface area contributed by atoms with Gasteiger partial charge in [-0.15, -0.1) is 0 Å². The van der Waals surface area contributed by atoms with E-state index in [1.54, 1.807) is 0 Å². The SMILES string of the molecule is CNC(=O)c1ccn(-c2ccc(N)c(C(F)(F)F)c2)n1. The van der Waals surface area contributed by atoms with Gasteiger partial charge in [-0.05, 0) is 24.3 Å². The lowest BCUT2D eigenvalue weighted by Crippen LogP contribution is -2.18. The summed E-state index contributed by atoms with van der Waals surface area (Å²) in [4.78, 5) is 11.4. The van der Waals surface area contributed by atoms with E-state index in [0.29, 0.717) is 0 Å². The summed E-state index contributed by atoms with van der Waals surface area (Å²) in [5, 5.41) is 6.28. The van der Waals surface area contributed by atoms with Crippen molar-refractivity contribution in [3.8, 4) is 5.69 Å². The van der Waals surface area contributed by atoms with Crippen LogP contribution in [0.5, 0.6) is 0 Å². The van der Waals surface area contributed by atoms with Crippen LogP contribution in [0.25, 0.3) is 5.69 Å². The number of hydrogen-bond donors (Lipinski definition) is 2. The van der Waals surface area contributed by atoms with Gasteiger partial charge >= 0.3 is 6.18 Å². The van der Waals surface area contributed by atoms with Crippen molar-refractivity contribution in [2.75, 3.05) is 12.8 Å². The van der Waals surface area contributed by atoms with Crippen molar-refractivity contribution < 1.29 is 18.0 Å². The van der Waals surface area contributed by atoms with Gasteiger partial charge in [-0.2, -0.15) is 18.3 Å². The Morgan fingerprint density at radius 2 is 2.05 bits per heavy atom. The molecule has 0 spiro atoms. The molecule has 5 nitrogen and oxygen atoms in total. The van der Waals surface area contributed by atoms with Gasteiger partial charge in [0.05, 0.1) is 11.3 Å². The fourth-order valence-electron chi connectivity index (χ4n) is 1.65. The van der Waals surface area contributed by atoms with E-state index in [2.05, 4.69) is 10.4 Å². The minimum Gasteiger partial charge on any atom is -0.398 e. The van der Waals surface area contributed by atoms with Crippen LogP contribution < -0.4 is 11.1 Å². The van der Waals surface area contributed by atoms with E-state index in [0.717, 1.165) is 12.1 Å². The molecule has 0 bridgehead atoms. The second-order valence-corrected chi connectivity index (χ2v) is 3.99. The van der Waals surface area contributed by atoms with Gasteiger partial charge in [-0.1, -0.05) is 0 Å². The zero-order chi connectivity index (χ0) is 14.9. The van der Waals surface area contributed by atoms with Crippen LogP contribution in [0.1, 0.15) is 16.1 Å². The molecule has 0 unspecified atom stereocenters. The summed E-state index contributed by atoms with van der Waals surface area (Å²) in [7, 11) is 1.44. The summed E-state index contributed by atoms with van der Waals surface area (Å²) in [5.41, 5.74) is 4.29. The Morgan fingerprint density at radius 3 is 2.65 bits per heavy atom. The zero-order valence-corrected chi connectivity index (χ0v) is 10.4. The summed E-state index contributed by atoms with van der Waals surface area (Å²) in [5.74, 6) is -0.421. The maximum absolute atomic E-state index is 12.8. The van der Waals surface area contributed by atoms with Crippen LogP contribution in [0.3, 0.4) is 0 Å². The van der Waals surface area contributed by atoms with E-state index in [1.807, 2.05) is 0 Å². The summed E-state index contributed by atoms with van der Waals surface area (Å²) >= 11 is 0. The average molecular weight is 284 g/mol. The normalized spacial score (nSPS) is 11.4. The number of carbonyl (C=O) groups is 1. The maximum atomic E-state index is 12.8. The number of nitrogens with one attached hydrogen (secondary N) is 1. The van der Waals surface area contributed by atoms with Gasteiger partial charge in [0.25, 0.3) is 5.91 Å². The van der Waals surface area contributed by atoms with E-state index in [1.165, 1.54) is 30.1 Å². The number of nitrogens with zero attached hydrogens (tertiary/aromatic N) is 2. The third kappa shape index (κ3) is 2.58. The number of alkyl halides is 3. The van der Waals surface area contributed by atoms with Crippen LogP contribution in [0.4, 0.5) is 18.9 Å². The highest BCUT2D eigenvalue weighted by atomic mass is 19.4. The first-order chi connectivity index (χ1) is 9.32. The van der Waals surface area contributed by atoms with Crippen LogP contribution >= 0.6 is 0 Å². The predicted octanol–water partition coefficient (Wildman–Crippen LogP) is 1.83. The van der Waals surface area contributed by atoms with Crippen LogP contribution in [0.15, 0.2) is 30.5 Å². The number of carbonyl (C=O) groups excluding carboxylic acids is 1. The molecule has 106 valence electrons. The Bertz CT molecular complexity index is 648. The first-order valence-corrected chi connectivity index (χ1v) is 5.58. The highest BCUT2D eigenvalue weighted by molar-refractivity contribution is 5.91. The number of benzene rings is 1. The van der Waals surface area contributed by atoms with Gasteiger partial charge < -0.3 is 11.1 Å². The largest absolute Gasteiger partial charge is 0.418 e. The topological polar surface area (TPSA) is 72.9 Å². The van der Waals surface area contributed by atoms with Crippen molar-refractivity contribution in [2.45, 2.75) is 6.18 Å². The standard InChI is InChI=1S/C12H11F3N4O/c1-17-11(20)10-4-5-19(18-10)7-2-3-9(16)8(6-7)12(13,14)15/h2-6H,16H2,1H3,(H,17,20). The monoisotopic (exact) mass is 284 g/mol. The minimum absolute atomic E-state index is 0.109. The van der Waals surface area contributed by atoms with Crippen molar-refractivity contribution in [2.24, 2.45) is 0 Å². The molecule has 1 aromatic carbocycles. The molecule has 0 aliphatic rings. The lowest BCUT2D eigenvalue weighted by molar-refractivity contribution is -0.136. The number of aromatic nitrogens is 2. The third-order valence-electron chi connectivity index (χ3n) is 2.66. The van der Waals surface area contributed by atoms with E-state index in [-0.39, 0.29) is 17.1 Å². The predicted molar refractivity (Wildman–Crippen MR) is 66.4 cm³/mol. The van der Waals surface area contributed by atoms with Crippen LogP contribution in [-0.2, 0) is 6.18 Å². The Kier molecular flexibility index (Phi) is 3.39. The van der Waals surface area contributed by atoms with Gasteiger partial charge in [0, 0.05) is 18.9 Å².